The quantitative estimate of drug-likeness (QED) is 0.548. The van der Waals surface area contributed by atoms with Gasteiger partial charge in [-0.15, -0.1) is 0 Å². The fourth-order valence-corrected chi connectivity index (χ4v) is 4.06. The van der Waals surface area contributed by atoms with Gasteiger partial charge in [-0.05, 0) is 24.3 Å². The Balaban J connectivity index is 2.29. The first-order chi connectivity index (χ1) is 11.7. The number of esters is 2. The van der Waals surface area contributed by atoms with Crippen molar-refractivity contribution in [3.8, 4) is 0 Å². The lowest BCUT2D eigenvalue weighted by atomic mass is 10.3. The second-order valence-electron chi connectivity index (χ2n) is 4.46. The highest BCUT2D eigenvalue weighted by atomic mass is 32.2. The van der Waals surface area contributed by atoms with E-state index in [0.29, 0.717) is 10.1 Å². The molecule has 0 saturated carbocycles. The maximum atomic E-state index is 12.3. The summed E-state index contributed by atoms with van der Waals surface area (Å²) >= 11 is 2.31. The number of carbonyl (C=O) groups excluding carboxylic acids is 2. The van der Waals surface area contributed by atoms with E-state index in [1.807, 2.05) is 12.1 Å². The third kappa shape index (κ3) is 4.97. The minimum absolute atomic E-state index is 0.524. The number of nitrogens with zero attached hydrogens (tertiary/aromatic N) is 2. The summed E-state index contributed by atoms with van der Waals surface area (Å²) in [5.74, 6) is -1.05. The second kappa shape index (κ2) is 9.29. The maximum Gasteiger partial charge on any atom is 0.320 e. The molecule has 2 heterocycles. The first-order valence-electron chi connectivity index (χ1n) is 6.96. The zero-order valence-corrected chi connectivity index (χ0v) is 14.8. The summed E-state index contributed by atoms with van der Waals surface area (Å²) in [6, 6.07) is 10.7. The fraction of sp³-hybridized carbons (Fsp3) is 0.250. The van der Waals surface area contributed by atoms with Crippen LogP contribution in [0.2, 0.25) is 0 Å². The molecule has 0 bridgehead atoms. The SMILES string of the molecule is COC(=O)[C@@H](Sc1ccccn1)[C@@H](Sc1ccccn1)C(=O)OC. The summed E-state index contributed by atoms with van der Waals surface area (Å²) < 4.78 is 9.74. The summed E-state index contributed by atoms with van der Waals surface area (Å²) in [4.78, 5) is 32.9. The molecule has 0 fully saturated rings. The molecule has 0 aliphatic carbocycles. The lowest BCUT2D eigenvalue weighted by Crippen LogP contribution is -2.37. The van der Waals surface area contributed by atoms with Crippen LogP contribution in [0.3, 0.4) is 0 Å². The van der Waals surface area contributed by atoms with Crippen molar-refractivity contribution < 1.29 is 19.1 Å². The average Bonchev–Trinajstić information content (AvgIpc) is 2.65. The molecule has 0 aromatic carbocycles. The van der Waals surface area contributed by atoms with Crippen LogP contribution in [0.25, 0.3) is 0 Å². The smallest absolute Gasteiger partial charge is 0.320 e. The third-order valence-corrected chi connectivity index (χ3v) is 5.49. The minimum Gasteiger partial charge on any atom is -0.468 e. The Labute approximate surface area is 148 Å². The molecule has 126 valence electrons. The van der Waals surface area contributed by atoms with Gasteiger partial charge in [-0.3, -0.25) is 9.59 Å². The van der Waals surface area contributed by atoms with E-state index >= 15 is 0 Å². The molecule has 2 aromatic heterocycles. The van der Waals surface area contributed by atoms with E-state index in [-0.39, 0.29) is 0 Å². The van der Waals surface area contributed by atoms with Gasteiger partial charge in [-0.25, -0.2) is 9.97 Å². The van der Waals surface area contributed by atoms with E-state index in [0.717, 1.165) is 23.5 Å². The Bertz CT molecular complexity index is 611. The van der Waals surface area contributed by atoms with Crippen molar-refractivity contribution in [2.75, 3.05) is 14.2 Å². The molecule has 0 unspecified atom stereocenters. The molecule has 8 heteroatoms. The Morgan fingerprint density at radius 3 is 1.54 bits per heavy atom. The standard InChI is InChI=1S/C16H16N2O4S2/c1-21-15(19)13(23-11-7-3-5-9-17-11)14(16(20)22-2)24-12-8-4-6-10-18-12/h3-10,13-14H,1-2H3/t13-,14+. The van der Waals surface area contributed by atoms with Gasteiger partial charge in [-0.1, -0.05) is 35.7 Å². The number of hydrogen-bond acceptors (Lipinski definition) is 8. The Hall–Kier alpha value is -2.06. The first kappa shape index (κ1) is 18.3. The number of ether oxygens (including phenoxy) is 2. The number of thioether (sulfide) groups is 2. The molecule has 0 spiro atoms. The van der Waals surface area contributed by atoms with Gasteiger partial charge in [0.15, 0.2) is 0 Å². The minimum atomic E-state index is -0.815. The van der Waals surface area contributed by atoms with E-state index in [1.54, 1.807) is 36.7 Å². The normalized spacial score (nSPS) is 12.9. The Kier molecular flexibility index (Phi) is 7.07. The van der Waals surface area contributed by atoms with Crippen LogP contribution in [0.5, 0.6) is 0 Å². The monoisotopic (exact) mass is 364 g/mol. The molecule has 0 N–H and O–H groups in total. The number of methoxy groups -OCH3 is 2. The van der Waals surface area contributed by atoms with Crippen molar-refractivity contribution in [3.63, 3.8) is 0 Å². The largest absolute Gasteiger partial charge is 0.468 e. The summed E-state index contributed by atoms with van der Waals surface area (Å²) in [6.07, 6.45) is 3.24. The lowest BCUT2D eigenvalue weighted by Gasteiger charge is -2.21. The topological polar surface area (TPSA) is 78.4 Å². The lowest BCUT2D eigenvalue weighted by molar-refractivity contribution is -0.146. The molecule has 0 radical (unpaired) electrons. The first-order valence-corrected chi connectivity index (χ1v) is 8.72. The molecule has 2 rings (SSSR count). The van der Waals surface area contributed by atoms with Gasteiger partial charge >= 0.3 is 11.9 Å². The summed E-state index contributed by atoms with van der Waals surface area (Å²) in [6.45, 7) is 0. The summed E-state index contributed by atoms with van der Waals surface area (Å²) in [7, 11) is 2.57. The van der Waals surface area contributed by atoms with Gasteiger partial charge in [0.2, 0.25) is 0 Å². The summed E-state index contributed by atoms with van der Waals surface area (Å²) in [5, 5.41) is -0.402. The molecule has 6 nitrogen and oxygen atoms in total. The zero-order chi connectivity index (χ0) is 17.4. The van der Waals surface area contributed by atoms with Gasteiger partial charge in [0.25, 0.3) is 0 Å². The predicted octanol–water partition coefficient (Wildman–Crippen LogP) is 2.44. The van der Waals surface area contributed by atoms with Crippen LogP contribution in [0.4, 0.5) is 0 Å². The maximum absolute atomic E-state index is 12.3. The Morgan fingerprint density at radius 1 is 0.833 bits per heavy atom. The van der Waals surface area contributed by atoms with Crippen LogP contribution in [0.1, 0.15) is 0 Å². The van der Waals surface area contributed by atoms with E-state index in [1.165, 1.54) is 14.2 Å². The highest BCUT2D eigenvalue weighted by Gasteiger charge is 2.38. The molecule has 0 aliphatic heterocycles. The van der Waals surface area contributed by atoms with Gasteiger partial charge in [0.1, 0.15) is 10.5 Å². The number of hydrogen-bond donors (Lipinski definition) is 0. The number of carbonyl (C=O) groups is 2. The van der Waals surface area contributed by atoms with Crippen molar-refractivity contribution >= 4 is 35.5 Å². The van der Waals surface area contributed by atoms with Crippen molar-refractivity contribution in [3.05, 3.63) is 48.8 Å². The highest BCUT2D eigenvalue weighted by Crippen LogP contribution is 2.34. The van der Waals surface area contributed by atoms with Crippen LogP contribution >= 0.6 is 23.5 Å². The fourth-order valence-electron chi connectivity index (χ4n) is 1.79. The molecule has 0 aliphatic rings. The van der Waals surface area contributed by atoms with E-state index in [2.05, 4.69) is 9.97 Å². The molecular weight excluding hydrogens is 348 g/mol. The summed E-state index contributed by atoms with van der Waals surface area (Å²) in [5.41, 5.74) is 0. The zero-order valence-electron chi connectivity index (χ0n) is 13.1. The number of rotatable bonds is 7. The van der Waals surface area contributed by atoms with Crippen molar-refractivity contribution in [2.24, 2.45) is 0 Å². The predicted molar refractivity (Wildman–Crippen MR) is 91.8 cm³/mol. The molecule has 0 amide bonds. The molecule has 2 aromatic rings. The molecule has 0 saturated heterocycles. The Morgan fingerprint density at radius 2 is 1.25 bits per heavy atom. The molecule has 2 atom stereocenters. The number of pyridine rings is 2. The van der Waals surface area contributed by atoms with Gasteiger partial charge in [-0.2, -0.15) is 0 Å². The van der Waals surface area contributed by atoms with Crippen LogP contribution in [0.15, 0.2) is 58.8 Å². The van der Waals surface area contributed by atoms with Gasteiger partial charge < -0.3 is 9.47 Å². The van der Waals surface area contributed by atoms with Crippen LogP contribution < -0.4 is 0 Å². The molecular formula is C16H16N2O4S2. The van der Waals surface area contributed by atoms with Crippen LogP contribution in [-0.2, 0) is 19.1 Å². The number of aromatic nitrogens is 2. The van der Waals surface area contributed by atoms with Crippen molar-refractivity contribution in [1.82, 2.24) is 9.97 Å². The van der Waals surface area contributed by atoms with Gasteiger partial charge in [0, 0.05) is 12.4 Å². The van der Waals surface area contributed by atoms with E-state index < -0.39 is 22.4 Å². The molecule has 24 heavy (non-hydrogen) atoms. The van der Waals surface area contributed by atoms with Gasteiger partial charge in [0.05, 0.1) is 24.3 Å². The van der Waals surface area contributed by atoms with Crippen LogP contribution in [0, 0.1) is 0 Å². The average molecular weight is 364 g/mol. The second-order valence-corrected chi connectivity index (χ2v) is 6.78. The third-order valence-electron chi connectivity index (χ3n) is 2.91. The van der Waals surface area contributed by atoms with E-state index in [4.69, 9.17) is 9.47 Å². The van der Waals surface area contributed by atoms with Crippen molar-refractivity contribution in [2.45, 2.75) is 20.6 Å². The highest BCUT2D eigenvalue weighted by molar-refractivity contribution is 8.04. The van der Waals surface area contributed by atoms with Crippen LogP contribution in [-0.4, -0.2) is 46.6 Å². The van der Waals surface area contributed by atoms with E-state index in [9.17, 15) is 9.59 Å². The van der Waals surface area contributed by atoms with Crippen molar-refractivity contribution in [1.29, 1.82) is 0 Å².